The van der Waals surface area contributed by atoms with Crippen molar-refractivity contribution in [3.05, 3.63) is 28.8 Å². The van der Waals surface area contributed by atoms with Gasteiger partial charge in [-0.05, 0) is 30.7 Å². The lowest BCUT2D eigenvalue weighted by Crippen LogP contribution is -2.31. The van der Waals surface area contributed by atoms with Crippen molar-refractivity contribution in [2.24, 2.45) is 0 Å². The molecule has 2 amide bonds. The molecule has 16 heavy (non-hydrogen) atoms. The lowest BCUT2D eigenvalue weighted by molar-refractivity contribution is 0.198. The molecule has 0 saturated carbocycles. The first-order valence-corrected chi connectivity index (χ1v) is 5.31. The van der Waals surface area contributed by atoms with Crippen LogP contribution in [0.25, 0.3) is 0 Å². The SMILES string of the molecule is COCCNC(=O)Nc1ccc(Cl)cc1C. The van der Waals surface area contributed by atoms with Crippen LogP contribution < -0.4 is 10.6 Å². The van der Waals surface area contributed by atoms with Gasteiger partial charge in [0.15, 0.2) is 0 Å². The van der Waals surface area contributed by atoms with Crippen LogP contribution >= 0.6 is 11.6 Å². The van der Waals surface area contributed by atoms with Gasteiger partial charge in [0.1, 0.15) is 0 Å². The molecule has 1 aromatic rings. The van der Waals surface area contributed by atoms with Crippen LogP contribution in [0, 0.1) is 6.92 Å². The monoisotopic (exact) mass is 242 g/mol. The van der Waals surface area contributed by atoms with Crippen LogP contribution in [0.3, 0.4) is 0 Å². The summed E-state index contributed by atoms with van der Waals surface area (Å²) in [6.07, 6.45) is 0. The van der Waals surface area contributed by atoms with Gasteiger partial charge in [0, 0.05) is 24.4 Å². The van der Waals surface area contributed by atoms with E-state index < -0.39 is 0 Å². The zero-order valence-corrected chi connectivity index (χ0v) is 10.1. The van der Waals surface area contributed by atoms with Crippen molar-refractivity contribution in [2.75, 3.05) is 25.6 Å². The molecule has 0 spiro atoms. The number of hydrogen-bond acceptors (Lipinski definition) is 2. The molecule has 0 saturated heterocycles. The average molecular weight is 243 g/mol. The van der Waals surface area contributed by atoms with Crippen molar-refractivity contribution < 1.29 is 9.53 Å². The zero-order valence-electron chi connectivity index (χ0n) is 9.34. The van der Waals surface area contributed by atoms with E-state index in [4.69, 9.17) is 16.3 Å². The standard InChI is InChI=1S/C11H15ClN2O2/c1-8-7-9(12)3-4-10(8)14-11(15)13-5-6-16-2/h3-4,7H,5-6H2,1-2H3,(H2,13,14,15). The Balaban J connectivity index is 2.49. The van der Waals surface area contributed by atoms with E-state index in [1.165, 1.54) is 0 Å². The average Bonchev–Trinajstić information content (AvgIpc) is 2.23. The molecule has 0 aliphatic rings. The van der Waals surface area contributed by atoms with Crippen LogP contribution in [0.15, 0.2) is 18.2 Å². The van der Waals surface area contributed by atoms with Crippen molar-refractivity contribution in [1.82, 2.24) is 5.32 Å². The van der Waals surface area contributed by atoms with Crippen molar-refractivity contribution in [3.63, 3.8) is 0 Å². The van der Waals surface area contributed by atoms with Crippen LogP contribution in [-0.4, -0.2) is 26.3 Å². The molecule has 0 aliphatic carbocycles. The lowest BCUT2D eigenvalue weighted by atomic mass is 10.2. The number of carbonyl (C=O) groups excluding carboxylic acids is 1. The van der Waals surface area contributed by atoms with E-state index >= 15 is 0 Å². The fourth-order valence-corrected chi connectivity index (χ4v) is 1.43. The summed E-state index contributed by atoms with van der Waals surface area (Å²) in [4.78, 5) is 11.4. The third-order valence-corrected chi connectivity index (χ3v) is 2.26. The fraction of sp³-hybridized carbons (Fsp3) is 0.364. The van der Waals surface area contributed by atoms with Crippen molar-refractivity contribution >= 4 is 23.3 Å². The molecule has 1 rings (SSSR count). The first-order chi connectivity index (χ1) is 7.63. The molecule has 0 radical (unpaired) electrons. The molecule has 0 aliphatic heterocycles. The Labute approximate surface area is 99.9 Å². The third-order valence-electron chi connectivity index (χ3n) is 2.03. The minimum absolute atomic E-state index is 0.248. The highest BCUT2D eigenvalue weighted by Crippen LogP contribution is 2.19. The number of methoxy groups -OCH3 is 1. The molecule has 4 nitrogen and oxygen atoms in total. The summed E-state index contributed by atoms with van der Waals surface area (Å²) in [5, 5.41) is 6.05. The second kappa shape index (κ2) is 6.35. The summed E-state index contributed by atoms with van der Waals surface area (Å²) in [5.74, 6) is 0. The summed E-state index contributed by atoms with van der Waals surface area (Å²) in [7, 11) is 1.59. The maximum atomic E-state index is 11.4. The molecule has 0 atom stereocenters. The number of hydrogen-bond donors (Lipinski definition) is 2. The van der Waals surface area contributed by atoms with Crippen LogP contribution in [-0.2, 0) is 4.74 Å². The van der Waals surface area contributed by atoms with Crippen molar-refractivity contribution in [3.8, 4) is 0 Å². The lowest BCUT2D eigenvalue weighted by Gasteiger charge is -2.09. The second-order valence-corrected chi connectivity index (χ2v) is 3.77. The van der Waals surface area contributed by atoms with E-state index in [1.54, 1.807) is 25.3 Å². The van der Waals surface area contributed by atoms with Gasteiger partial charge in [-0.1, -0.05) is 11.6 Å². The van der Waals surface area contributed by atoms with E-state index in [1.807, 2.05) is 6.92 Å². The molecule has 0 aromatic heterocycles. The minimum Gasteiger partial charge on any atom is -0.383 e. The molecule has 5 heteroatoms. The second-order valence-electron chi connectivity index (χ2n) is 3.33. The third kappa shape index (κ3) is 4.08. The molecule has 0 unspecified atom stereocenters. The zero-order chi connectivity index (χ0) is 12.0. The molecular weight excluding hydrogens is 228 g/mol. The summed E-state index contributed by atoms with van der Waals surface area (Å²) in [6.45, 7) is 2.86. The van der Waals surface area contributed by atoms with Crippen molar-refractivity contribution in [1.29, 1.82) is 0 Å². The Hall–Kier alpha value is -1.26. The molecule has 2 N–H and O–H groups in total. The number of nitrogens with one attached hydrogen (secondary N) is 2. The van der Waals surface area contributed by atoms with Gasteiger partial charge in [-0.25, -0.2) is 4.79 Å². The highest BCUT2D eigenvalue weighted by atomic mass is 35.5. The van der Waals surface area contributed by atoms with E-state index in [-0.39, 0.29) is 6.03 Å². The van der Waals surface area contributed by atoms with Gasteiger partial charge in [-0.3, -0.25) is 0 Å². The Morgan fingerprint density at radius 1 is 1.50 bits per heavy atom. The van der Waals surface area contributed by atoms with Gasteiger partial charge < -0.3 is 15.4 Å². The smallest absolute Gasteiger partial charge is 0.319 e. The number of amides is 2. The summed E-state index contributed by atoms with van der Waals surface area (Å²) >= 11 is 5.81. The predicted octanol–water partition coefficient (Wildman–Crippen LogP) is 2.42. The van der Waals surface area contributed by atoms with Gasteiger partial charge in [0.25, 0.3) is 0 Å². The van der Waals surface area contributed by atoms with Crippen LogP contribution in [0.1, 0.15) is 5.56 Å². The Morgan fingerprint density at radius 2 is 2.25 bits per heavy atom. The van der Waals surface area contributed by atoms with Gasteiger partial charge in [0.05, 0.1) is 6.61 Å². The van der Waals surface area contributed by atoms with Gasteiger partial charge >= 0.3 is 6.03 Å². The Kier molecular flexibility index (Phi) is 5.08. The van der Waals surface area contributed by atoms with Crippen molar-refractivity contribution in [2.45, 2.75) is 6.92 Å². The largest absolute Gasteiger partial charge is 0.383 e. The van der Waals surface area contributed by atoms with E-state index in [0.29, 0.717) is 18.2 Å². The topological polar surface area (TPSA) is 50.4 Å². The predicted molar refractivity (Wildman–Crippen MR) is 65.1 cm³/mol. The van der Waals surface area contributed by atoms with E-state index in [0.717, 1.165) is 11.3 Å². The molecule has 0 bridgehead atoms. The number of halogens is 1. The van der Waals surface area contributed by atoms with Gasteiger partial charge in [-0.2, -0.15) is 0 Å². The molecule has 88 valence electrons. The number of anilines is 1. The number of ether oxygens (including phenoxy) is 1. The first kappa shape index (κ1) is 12.8. The summed E-state index contributed by atoms with van der Waals surface area (Å²) < 4.78 is 4.82. The molecule has 0 fully saturated rings. The minimum atomic E-state index is -0.248. The Bertz CT molecular complexity index is 369. The number of aryl methyl sites for hydroxylation is 1. The van der Waals surface area contributed by atoms with Gasteiger partial charge in [-0.15, -0.1) is 0 Å². The maximum Gasteiger partial charge on any atom is 0.319 e. The molecular formula is C11H15ClN2O2. The van der Waals surface area contributed by atoms with E-state index in [9.17, 15) is 4.79 Å². The Morgan fingerprint density at radius 3 is 2.88 bits per heavy atom. The number of carbonyl (C=O) groups is 1. The number of rotatable bonds is 4. The summed E-state index contributed by atoms with van der Waals surface area (Å²) in [6, 6.07) is 5.06. The van der Waals surface area contributed by atoms with E-state index in [2.05, 4.69) is 10.6 Å². The summed E-state index contributed by atoms with van der Waals surface area (Å²) in [5.41, 5.74) is 1.67. The van der Waals surface area contributed by atoms with Crippen LogP contribution in [0.5, 0.6) is 0 Å². The van der Waals surface area contributed by atoms with Gasteiger partial charge in [0.2, 0.25) is 0 Å². The van der Waals surface area contributed by atoms with Crippen LogP contribution in [0.4, 0.5) is 10.5 Å². The normalized spacial score (nSPS) is 9.94. The molecule has 1 aromatic carbocycles. The quantitative estimate of drug-likeness (QED) is 0.797. The number of benzene rings is 1. The molecule has 0 heterocycles. The maximum absolute atomic E-state index is 11.4. The first-order valence-electron chi connectivity index (χ1n) is 4.93. The fourth-order valence-electron chi connectivity index (χ4n) is 1.20. The highest BCUT2D eigenvalue weighted by Gasteiger charge is 2.03. The number of urea groups is 1. The van der Waals surface area contributed by atoms with Crippen LogP contribution in [0.2, 0.25) is 5.02 Å². The highest BCUT2D eigenvalue weighted by molar-refractivity contribution is 6.30.